The number of rotatable bonds is 12. The minimum atomic E-state index is -4.80. The number of thiocarbonyl (C=S) groups is 1. The van der Waals surface area contributed by atoms with Gasteiger partial charge in [-0.2, -0.15) is 18.4 Å². The topological polar surface area (TPSA) is 150 Å². The van der Waals surface area contributed by atoms with Crippen molar-refractivity contribution in [3.63, 3.8) is 0 Å². The highest BCUT2D eigenvalue weighted by molar-refractivity contribution is 7.81. The minimum Gasteiger partial charge on any atom is -0.492 e. The lowest BCUT2D eigenvalue weighted by atomic mass is 10.0. The number of nitrogens with one attached hydrogen (secondary N) is 3. The largest absolute Gasteiger partial charge is 0.492 e. The highest BCUT2D eigenvalue weighted by Gasteiger charge is 2.51. The summed E-state index contributed by atoms with van der Waals surface area (Å²) in [4.78, 5) is 57.4. The van der Waals surface area contributed by atoms with Gasteiger partial charge in [0.25, 0.3) is 5.91 Å². The van der Waals surface area contributed by atoms with Gasteiger partial charge in [0, 0.05) is 55.7 Å². The fourth-order valence-corrected chi connectivity index (χ4v) is 8.00. The maximum Gasteiger partial charge on any atom is 0.417 e. The van der Waals surface area contributed by atoms with Crippen LogP contribution >= 0.6 is 12.2 Å². The maximum atomic E-state index is 13.8. The molecule has 2 atom stereocenters. The first-order chi connectivity index (χ1) is 27.5. The van der Waals surface area contributed by atoms with E-state index in [0.717, 1.165) is 35.7 Å². The Morgan fingerprint density at radius 1 is 1.05 bits per heavy atom. The molecule has 0 aromatic heterocycles. The summed E-state index contributed by atoms with van der Waals surface area (Å²) in [5, 5.41) is 17.7. The van der Waals surface area contributed by atoms with Gasteiger partial charge in [-0.3, -0.25) is 39.2 Å². The fraction of sp³-hybridized carbons (Fsp3) is 0.415. The van der Waals surface area contributed by atoms with Gasteiger partial charge in [0.2, 0.25) is 17.7 Å². The van der Waals surface area contributed by atoms with Gasteiger partial charge in [-0.15, -0.1) is 0 Å². The number of nitriles is 1. The van der Waals surface area contributed by atoms with Crippen molar-refractivity contribution >= 4 is 63.7 Å². The van der Waals surface area contributed by atoms with Crippen LogP contribution in [0, 0.1) is 11.3 Å². The molecular formula is C41H45F3N8O5S. The lowest BCUT2D eigenvalue weighted by molar-refractivity contribution is -0.138. The molecule has 3 aliphatic rings. The number of imide groups is 1. The quantitative estimate of drug-likeness (QED) is 0.162. The first-order valence-electron chi connectivity index (χ1n) is 19.0. The Kier molecular flexibility index (Phi) is 12.4. The van der Waals surface area contributed by atoms with Crippen LogP contribution in [-0.4, -0.2) is 95.5 Å². The summed E-state index contributed by atoms with van der Waals surface area (Å²) < 4.78 is 47.6. The van der Waals surface area contributed by atoms with Crippen molar-refractivity contribution in [1.29, 1.82) is 5.26 Å². The molecule has 3 saturated heterocycles. The van der Waals surface area contributed by atoms with Crippen molar-refractivity contribution in [3.05, 3.63) is 77.4 Å². The molecule has 3 aromatic rings. The molecule has 0 saturated carbocycles. The summed E-state index contributed by atoms with van der Waals surface area (Å²) >= 11 is 5.71. The van der Waals surface area contributed by atoms with Crippen molar-refractivity contribution in [2.24, 2.45) is 0 Å². The predicted molar refractivity (Wildman–Crippen MR) is 216 cm³/mol. The van der Waals surface area contributed by atoms with Crippen LogP contribution < -0.4 is 30.5 Å². The van der Waals surface area contributed by atoms with Gasteiger partial charge in [-0.25, -0.2) is 0 Å². The number of alkyl halides is 3. The van der Waals surface area contributed by atoms with Crippen molar-refractivity contribution in [2.75, 3.05) is 59.8 Å². The summed E-state index contributed by atoms with van der Waals surface area (Å²) in [6.07, 6.45) is -3.53. The van der Waals surface area contributed by atoms with Gasteiger partial charge < -0.3 is 20.3 Å². The van der Waals surface area contributed by atoms with Crippen LogP contribution in [0.4, 0.5) is 35.9 Å². The summed E-state index contributed by atoms with van der Waals surface area (Å²) in [6, 6.07) is 16.8. The zero-order valence-corrected chi connectivity index (χ0v) is 33.4. The Bertz CT molecular complexity index is 2160. The Balaban J connectivity index is 1.01. The Hall–Kier alpha value is -5.57. The molecule has 3 aliphatic heterocycles. The van der Waals surface area contributed by atoms with E-state index < -0.39 is 34.8 Å². The van der Waals surface area contributed by atoms with E-state index in [9.17, 15) is 37.6 Å². The molecule has 3 heterocycles. The number of piperazine rings is 1. The SMILES string of the molecule is CCc1cc(N2C(=S)N(c3ccc(C#N)c(C(F)(F)F)c3)C(=O)C2(C)C)ccc1OCCN1CCN(CC(=O)Nc2cccc(NC3CCC(=O)NC3=O)c2)C(C)C1. The molecule has 306 valence electrons. The highest BCUT2D eigenvalue weighted by atomic mass is 32.1. The van der Waals surface area contributed by atoms with Crippen LogP contribution in [0.15, 0.2) is 60.7 Å². The summed E-state index contributed by atoms with van der Waals surface area (Å²) in [7, 11) is 0. The van der Waals surface area contributed by atoms with E-state index in [0.29, 0.717) is 55.3 Å². The van der Waals surface area contributed by atoms with E-state index in [2.05, 4.69) is 32.7 Å². The lowest BCUT2D eigenvalue weighted by Crippen LogP contribution is -2.54. The molecule has 13 nitrogen and oxygen atoms in total. The number of aryl methyl sites for hydroxylation is 1. The molecule has 58 heavy (non-hydrogen) atoms. The molecular weight excluding hydrogens is 774 g/mol. The Labute approximate surface area is 340 Å². The predicted octanol–water partition coefficient (Wildman–Crippen LogP) is 5.30. The van der Waals surface area contributed by atoms with Gasteiger partial charge >= 0.3 is 6.18 Å². The molecule has 0 spiro atoms. The zero-order chi connectivity index (χ0) is 41.9. The van der Waals surface area contributed by atoms with Gasteiger partial charge in [0.15, 0.2) is 5.11 Å². The molecule has 3 aromatic carbocycles. The van der Waals surface area contributed by atoms with Gasteiger partial charge in [-0.05, 0) is 106 Å². The van der Waals surface area contributed by atoms with Crippen molar-refractivity contribution in [1.82, 2.24) is 15.1 Å². The highest BCUT2D eigenvalue weighted by Crippen LogP contribution is 2.40. The number of amides is 4. The van der Waals surface area contributed by atoms with Crippen LogP contribution in [0.2, 0.25) is 0 Å². The number of carbonyl (C=O) groups excluding carboxylic acids is 4. The van der Waals surface area contributed by atoms with Gasteiger partial charge in [0.05, 0.1) is 29.4 Å². The molecule has 3 fully saturated rings. The van der Waals surface area contributed by atoms with E-state index in [4.69, 9.17) is 17.0 Å². The Morgan fingerprint density at radius 3 is 2.48 bits per heavy atom. The third-order valence-electron chi connectivity index (χ3n) is 10.6. The van der Waals surface area contributed by atoms with Gasteiger partial charge in [0.1, 0.15) is 23.9 Å². The number of hydrogen-bond donors (Lipinski definition) is 3. The molecule has 0 aliphatic carbocycles. The second kappa shape index (κ2) is 17.1. The van der Waals surface area contributed by atoms with E-state index in [-0.39, 0.29) is 47.5 Å². The van der Waals surface area contributed by atoms with Crippen LogP contribution in [0.5, 0.6) is 5.75 Å². The summed E-state index contributed by atoms with van der Waals surface area (Å²) in [5.74, 6) is -0.647. The smallest absolute Gasteiger partial charge is 0.417 e. The Morgan fingerprint density at radius 2 is 1.79 bits per heavy atom. The van der Waals surface area contributed by atoms with Crippen molar-refractivity contribution in [2.45, 2.75) is 70.8 Å². The van der Waals surface area contributed by atoms with Crippen molar-refractivity contribution < 1.29 is 37.1 Å². The van der Waals surface area contributed by atoms with E-state index >= 15 is 0 Å². The normalized spacial score (nSPS) is 20.2. The fourth-order valence-electron chi connectivity index (χ4n) is 7.48. The van der Waals surface area contributed by atoms with Crippen molar-refractivity contribution in [3.8, 4) is 11.8 Å². The number of benzene rings is 3. The lowest BCUT2D eigenvalue weighted by Gasteiger charge is -2.39. The first kappa shape index (κ1) is 42.0. The average Bonchev–Trinajstić information content (AvgIpc) is 3.35. The average molecular weight is 819 g/mol. The summed E-state index contributed by atoms with van der Waals surface area (Å²) in [6.45, 7) is 10.8. The second-order valence-electron chi connectivity index (χ2n) is 15.0. The first-order valence-corrected chi connectivity index (χ1v) is 19.4. The molecule has 0 bridgehead atoms. The monoisotopic (exact) mass is 818 g/mol. The number of hydrogen-bond acceptors (Lipinski definition) is 10. The molecule has 3 N–H and O–H groups in total. The molecule has 4 amide bonds. The molecule has 0 radical (unpaired) electrons. The number of carbonyl (C=O) groups is 4. The van der Waals surface area contributed by atoms with E-state index in [1.54, 1.807) is 55.1 Å². The third-order valence-corrected chi connectivity index (χ3v) is 11.0. The van der Waals surface area contributed by atoms with Gasteiger partial charge in [-0.1, -0.05) is 13.0 Å². The number of anilines is 4. The zero-order valence-electron chi connectivity index (χ0n) is 32.6. The van der Waals surface area contributed by atoms with Crippen LogP contribution in [0.1, 0.15) is 57.2 Å². The number of halogens is 3. The molecule has 2 unspecified atom stereocenters. The number of ether oxygens (including phenoxy) is 1. The number of nitrogens with zero attached hydrogens (tertiary/aromatic N) is 5. The van der Waals surface area contributed by atoms with Crippen LogP contribution in [0.25, 0.3) is 0 Å². The van der Waals surface area contributed by atoms with E-state index in [1.807, 2.05) is 19.1 Å². The van der Waals surface area contributed by atoms with Crippen LogP contribution in [-0.2, 0) is 31.8 Å². The minimum absolute atomic E-state index is 0.0165. The molecule has 6 rings (SSSR count). The van der Waals surface area contributed by atoms with Crippen LogP contribution in [0.3, 0.4) is 0 Å². The third kappa shape index (κ3) is 9.09. The standard InChI is InChI=1S/C41H45F3N8O5S/c1-5-26-19-31(52-39(58)51(38(56)40(52,3)4)30-10-9-27(22-45)32(21-30)41(42,43)44)11-13-34(26)57-18-17-49-15-16-50(25(2)23-49)24-36(54)47-29-8-6-7-28(20-29)46-33-12-14-35(53)48-37(33)55/h6-11,13,19-21,25,33,46H,5,12,14-18,23-24H2,1-4H3,(H,47,54)(H,48,53,55). The second-order valence-corrected chi connectivity index (χ2v) is 15.4. The van der Waals surface area contributed by atoms with E-state index in [1.165, 1.54) is 6.07 Å². The number of piperidine rings is 1. The summed E-state index contributed by atoms with van der Waals surface area (Å²) in [5.41, 5.74) is -0.279. The molecule has 17 heteroatoms. The maximum absolute atomic E-state index is 13.8.